The molecule has 44 heavy (non-hydrogen) atoms. The predicted molar refractivity (Wildman–Crippen MR) is 156 cm³/mol. The van der Waals surface area contributed by atoms with Gasteiger partial charge in [-0.15, -0.1) is 0 Å². The fourth-order valence-electron chi connectivity index (χ4n) is 5.93. The van der Waals surface area contributed by atoms with Gasteiger partial charge in [-0.2, -0.15) is 13.2 Å². The van der Waals surface area contributed by atoms with Gasteiger partial charge in [-0.25, -0.2) is 22.5 Å². The van der Waals surface area contributed by atoms with Gasteiger partial charge in [0.1, 0.15) is 16.5 Å². The third-order valence-corrected chi connectivity index (χ3v) is 9.94. The van der Waals surface area contributed by atoms with E-state index in [0.29, 0.717) is 35.5 Å². The molecule has 1 N–H and O–H groups in total. The van der Waals surface area contributed by atoms with E-state index in [1.165, 1.54) is 30.3 Å². The lowest BCUT2D eigenvalue weighted by Crippen LogP contribution is -2.34. The second kappa shape index (κ2) is 11.5. The number of nitrogens with zero attached hydrogens (tertiary/aromatic N) is 3. The number of benzene rings is 3. The number of imidazole rings is 1. The SMILES string of the molecule is Cn1ccnc1CN(C(=O)C1CC1c1ccc(C(F)(F)F)cc1)c1ccc2c(c1)C(NS(=O)(=O)c1ccccc1F)CCC2. The average Bonchev–Trinajstić information content (AvgIpc) is 3.69. The molecule has 6 rings (SSSR count). The number of nitrogens with one attached hydrogen (secondary N) is 1. The van der Waals surface area contributed by atoms with Crippen molar-refractivity contribution in [2.45, 2.75) is 55.3 Å². The van der Waals surface area contributed by atoms with Crippen LogP contribution in [0.3, 0.4) is 0 Å². The van der Waals surface area contributed by atoms with Crippen molar-refractivity contribution in [3.63, 3.8) is 0 Å². The van der Waals surface area contributed by atoms with E-state index in [0.717, 1.165) is 36.6 Å². The Labute approximate surface area is 252 Å². The minimum atomic E-state index is -4.44. The standard InChI is InChI=1S/C32H30F4N4O3S/c1-39-16-15-37-30(39)19-40(31(41)26-18-24(26)21-9-12-22(13-10-21)32(34,35)36)23-14-11-20-5-4-7-28(25(20)17-23)38-44(42,43)29-8-3-2-6-27(29)33/h2-3,6,8-17,24,26,28,38H,4-5,7,18-19H2,1H3. The highest BCUT2D eigenvalue weighted by Crippen LogP contribution is 2.49. The molecule has 2 aliphatic rings. The molecule has 230 valence electrons. The summed E-state index contributed by atoms with van der Waals surface area (Å²) < 4.78 is 84.4. The molecule has 1 heterocycles. The Hall–Kier alpha value is -4.03. The zero-order valence-corrected chi connectivity index (χ0v) is 24.6. The van der Waals surface area contributed by atoms with Crippen LogP contribution < -0.4 is 9.62 Å². The van der Waals surface area contributed by atoms with E-state index in [9.17, 15) is 30.8 Å². The van der Waals surface area contributed by atoms with Crippen LogP contribution in [-0.2, 0) is 41.0 Å². The minimum Gasteiger partial charge on any atom is -0.337 e. The predicted octanol–water partition coefficient (Wildman–Crippen LogP) is 6.27. The molecule has 1 fully saturated rings. The number of hydrogen-bond donors (Lipinski definition) is 1. The van der Waals surface area contributed by atoms with E-state index in [2.05, 4.69) is 9.71 Å². The summed E-state index contributed by atoms with van der Waals surface area (Å²) in [5.74, 6) is -1.06. The molecule has 3 unspecified atom stereocenters. The maximum absolute atomic E-state index is 14.4. The van der Waals surface area contributed by atoms with Crippen molar-refractivity contribution in [2.24, 2.45) is 13.0 Å². The monoisotopic (exact) mass is 626 g/mol. The third kappa shape index (κ3) is 6.00. The Bertz CT molecular complexity index is 1800. The molecule has 0 radical (unpaired) electrons. The number of sulfonamides is 1. The molecular weight excluding hydrogens is 596 g/mol. The molecule has 0 saturated heterocycles. The first-order chi connectivity index (χ1) is 20.9. The number of rotatable bonds is 8. The Morgan fingerprint density at radius 1 is 1.09 bits per heavy atom. The van der Waals surface area contributed by atoms with Crippen molar-refractivity contribution >= 4 is 21.6 Å². The molecule has 0 bridgehead atoms. The topological polar surface area (TPSA) is 84.3 Å². The van der Waals surface area contributed by atoms with Crippen molar-refractivity contribution < 1.29 is 30.8 Å². The lowest BCUT2D eigenvalue weighted by atomic mass is 9.87. The Morgan fingerprint density at radius 2 is 1.84 bits per heavy atom. The molecule has 12 heteroatoms. The number of carbonyl (C=O) groups is 1. The van der Waals surface area contributed by atoms with Crippen LogP contribution in [0, 0.1) is 11.7 Å². The number of fused-ring (bicyclic) bond motifs is 1. The average molecular weight is 627 g/mol. The van der Waals surface area contributed by atoms with Crippen LogP contribution in [0.5, 0.6) is 0 Å². The van der Waals surface area contributed by atoms with Crippen LogP contribution in [0.1, 0.15) is 59.3 Å². The summed E-state index contributed by atoms with van der Waals surface area (Å²) in [5.41, 5.74) is 2.12. The van der Waals surface area contributed by atoms with Gasteiger partial charge in [0.25, 0.3) is 0 Å². The lowest BCUT2D eigenvalue weighted by molar-refractivity contribution is -0.137. The first kappa shape index (κ1) is 30.0. The fourth-order valence-corrected chi connectivity index (χ4v) is 7.26. The van der Waals surface area contributed by atoms with Crippen LogP contribution in [0.4, 0.5) is 23.2 Å². The Morgan fingerprint density at radius 3 is 2.52 bits per heavy atom. The fraction of sp³-hybridized carbons (Fsp3) is 0.312. The molecule has 4 aromatic rings. The van der Waals surface area contributed by atoms with E-state index in [1.807, 2.05) is 19.2 Å². The van der Waals surface area contributed by atoms with Crippen LogP contribution in [-0.4, -0.2) is 23.9 Å². The van der Waals surface area contributed by atoms with Crippen LogP contribution in [0.15, 0.2) is 84.0 Å². The zero-order chi connectivity index (χ0) is 31.2. The molecule has 3 aromatic carbocycles. The van der Waals surface area contributed by atoms with Gasteiger partial charge in [0.15, 0.2) is 0 Å². The number of anilines is 1. The number of halogens is 4. The Kier molecular flexibility index (Phi) is 7.83. The lowest BCUT2D eigenvalue weighted by Gasteiger charge is -2.29. The van der Waals surface area contributed by atoms with E-state index in [-0.39, 0.29) is 18.4 Å². The number of aromatic nitrogens is 2. The molecule has 0 spiro atoms. The highest BCUT2D eigenvalue weighted by molar-refractivity contribution is 7.89. The van der Waals surface area contributed by atoms with Crippen molar-refractivity contribution in [2.75, 3.05) is 4.90 Å². The van der Waals surface area contributed by atoms with Gasteiger partial charge in [0.2, 0.25) is 15.9 Å². The van der Waals surface area contributed by atoms with Gasteiger partial charge in [-0.05, 0) is 84.7 Å². The molecular formula is C32H30F4N4O3S. The number of aryl methyl sites for hydroxylation is 2. The molecule has 1 amide bonds. The van der Waals surface area contributed by atoms with Gasteiger partial charge in [0, 0.05) is 37.1 Å². The first-order valence-corrected chi connectivity index (χ1v) is 15.7. The van der Waals surface area contributed by atoms with Gasteiger partial charge < -0.3 is 9.47 Å². The number of alkyl halides is 3. The van der Waals surface area contributed by atoms with Crippen molar-refractivity contribution in [1.82, 2.24) is 14.3 Å². The summed E-state index contributed by atoms with van der Waals surface area (Å²) in [7, 11) is -2.36. The molecule has 3 atom stereocenters. The normalized spacial score (nSPS) is 19.8. The molecule has 7 nitrogen and oxygen atoms in total. The van der Waals surface area contributed by atoms with Gasteiger partial charge in [0.05, 0.1) is 12.1 Å². The molecule has 1 saturated carbocycles. The van der Waals surface area contributed by atoms with Crippen LogP contribution in [0.2, 0.25) is 0 Å². The second-order valence-corrected chi connectivity index (χ2v) is 13.0. The second-order valence-electron chi connectivity index (χ2n) is 11.3. The third-order valence-electron chi connectivity index (χ3n) is 8.44. The Balaban J connectivity index is 1.30. The maximum atomic E-state index is 14.4. The summed E-state index contributed by atoms with van der Waals surface area (Å²) in [6.45, 7) is 0.142. The van der Waals surface area contributed by atoms with E-state index >= 15 is 0 Å². The molecule has 1 aromatic heterocycles. The molecule has 2 aliphatic carbocycles. The summed E-state index contributed by atoms with van der Waals surface area (Å²) in [6.07, 6.45) is 1.39. The molecule has 0 aliphatic heterocycles. The van der Waals surface area contributed by atoms with Crippen molar-refractivity contribution in [3.8, 4) is 0 Å². The van der Waals surface area contributed by atoms with E-state index < -0.39 is 44.4 Å². The first-order valence-electron chi connectivity index (χ1n) is 14.3. The van der Waals surface area contributed by atoms with Gasteiger partial charge in [-0.1, -0.05) is 30.3 Å². The zero-order valence-electron chi connectivity index (χ0n) is 23.8. The highest BCUT2D eigenvalue weighted by Gasteiger charge is 2.46. The maximum Gasteiger partial charge on any atom is 0.416 e. The smallest absolute Gasteiger partial charge is 0.337 e. The van der Waals surface area contributed by atoms with Crippen molar-refractivity contribution in [3.05, 3.63) is 113 Å². The van der Waals surface area contributed by atoms with Crippen LogP contribution >= 0.6 is 0 Å². The van der Waals surface area contributed by atoms with Crippen LogP contribution in [0.25, 0.3) is 0 Å². The van der Waals surface area contributed by atoms with E-state index in [1.54, 1.807) is 27.9 Å². The number of carbonyl (C=O) groups excluding carboxylic acids is 1. The quantitative estimate of drug-likeness (QED) is 0.234. The highest BCUT2D eigenvalue weighted by atomic mass is 32.2. The summed E-state index contributed by atoms with van der Waals surface area (Å²) >= 11 is 0. The van der Waals surface area contributed by atoms with Gasteiger partial charge in [-0.3, -0.25) is 4.79 Å². The minimum absolute atomic E-state index is 0.142. The summed E-state index contributed by atoms with van der Waals surface area (Å²) in [4.78, 5) is 19.6. The van der Waals surface area contributed by atoms with Crippen molar-refractivity contribution in [1.29, 1.82) is 0 Å². The largest absolute Gasteiger partial charge is 0.416 e. The van der Waals surface area contributed by atoms with E-state index in [4.69, 9.17) is 0 Å². The number of amides is 1. The summed E-state index contributed by atoms with van der Waals surface area (Å²) in [6, 6.07) is 15.0. The van der Waals surface area contributed by atoms with Gasteiger partial charge >= 0.3 is 6.18 Å². The summed E-state index contributed by atoms with van der Waals surface area (Å²) in [5, 5.41) is 0. The number of hydrogen-bond acceptors (Lipinski definition) is 4.